The molecule has 0 aromatic carbocycles. The molecule has 0 aliphatic carbocycles. The van der Waals surface area contributed by atoms with Crippen molar-refractivity contribution in [3.8, 4) is 16.6 Å². The van der Waals surface area contributed by atoms with Gasteiger partial charge in [0, 0.05) is 17.4 Å². The van der Waals surface area contributed by atoms with Gasteiger partial charge in [-0.15, -0.1) is 11.3 Å². The fraction of sp³-hybridized carbons (Fsp3) is 0.188. The number of nitriles is 1. The summed E-state index contributed by atoms with van der Waals surface area (Å²) < 4.78 is 15.4. The van der Waals surface area contributed by atoms with Gasteiger partial charge in [0.05, 0.1) is 24.5 Å². The van der Waals surface area contributed by atoms with E-state index in [0.29, 0.717) is 17.2 Å². The molecule has 0 spiro atoms. The number of esters is 1. The highest BCUT2D eigenvalue weighted by Crippen LogP contribution is 2.24. The molecule has 0 bridgehead atoms. The number of carbonyl (C=O) groups is 1. The van der Waals surface area contributed by atoms with Crippen molar-refractivity contribution >= 4 is 17.3 Å². The molecule has 7 heteroatoms. The number of nitrogens with zero attached hydrogens (tertiary/aromatic N) is 2. The van der Waals surface area contributed by atoms with Crippen molar-refractivity contribution in [1.29, 1.82) is 5.26 Å². The van der Waals surface area contributed by atoms with Crippen molar-refractivity contribution in [1.82, 2.24) is 4.98 Å². The van der Waals surface area contributed by atoms with E-state index in [-0.39, 0.29) is 12.3 Å². The van der Waals surface area contributed by atoms with Crippen LogP contribution in [-0.2, 0) is 11.2 Å². The minimum Gasteiger partial charge on any atom is -0.472 e. The first-order valence-electron chi connectivity index (χ1n) is 6.83. The first kappa shape index (κ1) is 15.1. The van der Waals surface area contributed by atoms with Crippen LogP contribution in [0.15, 0.2) is 51.2 Å². The Bertz CT molecular complexity index is 800. The first-order chi connectivity index (χ1) is 11.3. The largest absolute Gasteiger partial charge is 0.472 e. The molecule has 3 aromatic rings. The molecule has 0 radical (unpaired) electrons. The number of carbonyl (C=O) groups excluding carboxylic acids is 1. The Morgan fingerprint density at radius 2 is 2.35 bits per heavy atom. The van der Waals surface area contributed by atoms with Gasteiger partial charge < -0.3 is 13.6 Å². The Balaban J connectivity index is 1.57. The van der Waals surface area contributed by atoms with Crippen molar-refractivity contribution in [2.45, 2.75) is 6.42 Å². The zero-order chi connectivity index (χ0) is 16.1. The van der Waals surface area contributed by atoms with Crippen molar-refractivity contribution < 1.29 is 18.4 Å². The van der Waals surface area contributed by atoms with E-state index in [1.165, 1.54) is 11.3 Å². The monoisotopic (exact) mass is 328 g/mol. The maximum absolute atomic E-state index is 12.0. The third kappa shape index (κ3) is 3.67. The third-order valence-electron chi connectivity index (χ3n) is 3.11. The minimum atomic E-state index is -0.546. The van der Waals surface area contributed by atoms with Crippen LogP contribution in [-0.4, -0.2) is 17.6 Å². The standard InChI is InChI=1S/C16H12N2O4S/c17-7-11(6-13-2-1-4-21-13)8-22-16(19)14-10-23-15(18-14)12-3-5-20-9-12/h1-5,9-11H,6,8H2/t11-/m0/s1. The van der Waals surface area contributed by atoms with Gasteiger partial charge in [-0.25, -0.2) is 9.78 Å². The number of ether oxygens (including phenoxy) is 1. The second-order valence-electron chi connectivity index (χ2n) is 4.76. The van der Waals surface area contributed by atoms with Gasteiger partial charge in [0.2, 0.25) is 0 Å². The Labute approximate surface area is 135 Å². The lowest BCUT2D eigenvalue weighted by Crippen LogP contribution is -2.15. The highest BCUT2D eigenvalue weighted by Gasteiger charge is 2.17. The van der Waals surface area contributed by atoms with E-state index in [4.69, 9.17) is 18.8 Å². The Morgan fingerprint density at radius 3 is 3.04 bits per heavy atom. The summed E-state index contributed by atoms with van der Waals surface area (Å²) in [5.41, 5.74) is 1.03. The molecule has 6 nitrogen and oxygen atoms in total. The van der Waals surface area contributed by atoms with Crippen molar-refractivity contribution in [2.24, 2.45) is 5.92 Å². The van der Waals surface area contributed by atoms with Crippen LogP contribution in [0.25, 0.3) is 10.6 Å². The Hall–Kier alpha value is -2.85. The molecule has 0 N–H and O–H groups in total. The molecular weight excluding hydrogens is 316 g/mol. The van der Waals surface area contributed by atoms with Crippen molar-refractivity contribution in [2.75, 3.05) is 6.61 Å². The fourth-order valence-corrected chi connectivity index (χ4v) is 2.73. The van der Waals surface area contributed by atoms with Crippen molar-refractivity contribution in [3.05, 3.63) is 53.8 Å². The van der Waals surface area contributed by atoms with Crippen molar-refractivity contribution in [3.63, 3.8) is 0 Å². The summed E-state index contributed by atoms with van der Waals surface area (Å²) in [5, 5.41) is 11.4. The molecule has 0 amide bonds. The second kappa shape index (κ2) is 6.94. The van der Waals surface area contributed by atoms with E-state index in [1.54, 1.807) is 42.4 Å². The maximum atomic E-state index is 12.0. The van der Waals surface area contributed by atoms with Crippen LogP contribution in [0.4, 0.5) is 0 Å². The molecule has 0 aliphatic rings. The van der Waals surface area contributed by atoms with E-state index in [0.717, 1.165) is 5.56 Å². The molecule has 3 aromatic heterocycles. The van der Waals surface area contributed by atoms with Crippen LogP contribution in [0.5, 0.6) is 0 Å². The van der Waals surface area contributed by atoms with Gasteiger partial charge in [-0.2, -0.15) is 5.26 Å². The summed E-state index contributed by atoms with van der Waals surface area (Å²) in [6, 6.07) is 7.41. The summed E-state index contributed by atoms with van der Waals surface area (Å²) in [7, 11) is 0. The lowest BCUT2D eigenvalue weighted by molar-refractivity contribution is 0.0460. The maximum Gasteiger partial charge on any atom is 0.357 e. The quantitative estimate of drug-likeness (QED) is 0.643. The second-order valence-corrected chi connectivity index (χ2v) is 5.62. The van der Waals surface area contributed by atoms with Crippen LogP contribution in [0.3, 0.4) is 0 Å². The SMILES string of the molecule is N#C[C@@H](COC(=O)c1csc(-c2ccoc2)n1)Cc1ccco1. The van der Waals surface area contributed by atoms with Crippen LogP contribution < -0.4 is 0 Å². The Kier molecular flexibility index (Phi) is 4.54. The van der Waals surface area contributed by atoms with E-state index < -0.39 is 11.9 Å². The van der Waals surface area contributed by atoms with Gasteiger partial charge in [0.25, 0.3) is 0 Å². The zero-order valence-corrected chi connectivity index (χ0v) is 12.8. The van der Waals surface area contributed by atoms with Crippen LogP contribution in [0.2, 0.25) is 0 Å². The van der Waals surface area contributed by atoms with E-state index in [2.05, 4.69) is 11.1 Å². The average Bonchev–Trinajstić information content (AvgIpc) is 3.32. The van der Waals surface area contributed by atoms with Crippen LogP contribution in [0, 0.1) is 17.2 Å². The molecule has 0 saturated heterocycles. The normalized spacial score (nSPS) is 11.8. The third-order valence-corrected chi connectivity index (χ3v) is 4.00. The predicted molar refractivity (Wildman–Crippen MR) is 81.6 cm³/mol. The first-order valence-corrected chi connectivity index (χ1v) is 7.71. The molecule has 23 heavy (non-hydrogen) atoms. The number of hydrogen-bond donors (Lipinski definition) is 0. The van der Waals surface area contributed by atoms with Gasteiger partial charge in [0.1, 0.15) is 23.6 Å². The molecule has 3 rings (SSSR count). The predicted octanol–water partition coefficient (Wildman–Crippen LogP) is 3.54. The van der Waals surface area contributed by atoms with Crippen LogP contribution in [0.1, 0.15) is 16.2 Å². The molecule has 0 unspecified atom stereocenters. The summed E-state index contributed by atoms with van der Waals surface area (Å²) >= 11 is 1.33. The zero-order valence-electron chi connectivity index (χ0n) is 12.0. The lowest BCUT2D eigenvalue weighted by Gasteiger charge is -2.07. The highest BCUT2D eigenvalue weighted by atomic mass is 32.1. The lowest BCUT2D eigenvalue weighted by atomic mass is 10.1. The average molecular weight is 328 g/mol. The molecule has 1 atom stereocenters. The Morgan fingerprint density at radius 1 is 1.43 bits per heavy atom. The molecule has 116 valence electrons. The number of aromatic nitrogens is 1. The van der Waals surface area contributed by atoms with Gasteiger partial charge >= 0.3 is 5.97 Å². The molecule has 3 heterocycles. The van der Waals surface area contributed by atoms with E-state index in [9.17, 15) is 4.79 Å². The summed E-state index contributed by atoms with van der Waals surface area (Å²) in [6.07, 6.45) is 5.04. The van der Waals surface area contributed by atoms with Gasteiger partial charge in [0.15, 0.2) is 5.69 Å². The summed E-state index contributed by atoms with van der Waals surface area (Å²) in [6.45, 7) is -0.00535. The molecule has 0 aliphatic heterocycles. The smallest absolute Gasteiger partial charge is 0.357 e. The molecule has 0 fully saturated rings. The van der Waals surface area contributed by atoms with E-state index in [1.807, 2.05) is 0 Å². The summed E-state index contributed by atoms with van der Waals surface area (Å²) in [4.78, 5) is 16.2. The van der Waals surface area contributed by atoms with Gasteiger partial charge in [-0.05, 0) is 18.2 Å². The minimum absolute atomic E-state index is 0.00535. The van der Waals surface area contributed by atoms with E-state index >= 15 is 0 Å². The number of rotatable bonds is 6. The fourth-order valence-electron chi connectivity index (χ4n) is 1.95. The van der Waals surface area contributed by atoms with Gasteiger partial charge in [-0.1, -0.05) is 0 Å². The number of thiazole rings is 1. The van der Waals surface area contributed by atoms with Crippen LogP contribution >= 0.6 is 11.3 Å². The topological polar surface area (TPSA) is 89.3 Å². The highest BCUT2D eigenvalue weighted by molar-refractivity contribution is 7.13. The molecule has 0 saturated carbocycles. The van der Waals surface area contributed by atoms with Gasteiger partial charge in [-0.3, -0.25) is 0 Å². The number of hydrogen-bond acceptors (Lipinski definition) is 7. The molecular formula is C16H12N2O4S. The number of furan rings is 2. The summed E-state index contributed by atoms with van der Waals surface area (Å²) in [5.74, 6) is -0.323.